The van der Waals surface area contributed by atoms with Crippen molar-refractivity contribution in [1.29, 1.82) is 0 Å². The third-order valence-corrected chi connectivity index (χ3v) is 7.01. The standard InChI is InChI=1S/C23H25N5O5S/c1-4-27-19-12-18(26-21(19)22(29)28(5-2)23(27)30)16-7-9-17(10-8-16)34(31,32)25-14-15-6-11-20(33-3)24-13-15/h6-13,25-26H,4-5,14H2,1-3H3. The smallest absolute Gasteiger partial charge is 0.331 e. The second kappa shape index (κ2) is 9.27. The molecule has 3 aromatic heterocycles. The summed E-state index contributed by atoms with van der Waals surface area (Å²) < 4.78 is 35.7. The van der Waals surface area contributed by atoms with Crippen LogP contribution in [0.25, 0.3) is 22.3 Å². The van der Waals surface area contributed by atoms with Gasteiger partial charge >= 0.3 is 5.69 Å². The molecule has 0 saturated carbocycles. The number of hydrogen-bond donors (Lipinski definition) is 2. The van der Waals surface area contributed by atoms with Crippen molar-refractivity contribution in [2.75, 3.05) is 7.11 Å². The fourth-order valence-corrected chi connectivity index (χ4v) is 4.76. The number of aromatic nitrogens is 4. The van der Waals surface area contributed by atoms with Crippen LogP contribution in [0.15, 0.2) is 63.1 Å². The molecule has 11 heteroatoms. The van der Waals surface area contributed by atoms with Gasteiger partial charge in [0.15, 0.2) is 0 Å². The molecule has 0 saturated heterocycles. The highest BCUT2D eigenvalue weighted by atomic mass is 32.2. The Hall–Kier alpha value is -3.70. The Morgan fingerprint density at radius 2 is 1.74 bits per heavy atom. The summed E-state index contributed by atoms with van der Waals surface area (Å²) in [4.78, 5) is 32.6. The summed E-state index contributed by atoms with van der Waals surface area (Å²) in [6.07, 6.45) is 1.54. The van der Waals surface area contributed by atoms with Crippen LogP contribution < -0.4 is 20.7 Å². The Morgan fingerprint density at radius 1 is 1.03 bits per heavy atom. The van der Waals surface area contributed by atoms with Crippen molar-refractivity contribution in [2.45, 2.75) is 38.4 Å². The minimum atomic E-state index is -3.75. The Morgan fingerprint density at radius 3 is 2.32 bits per heavy atom. The number of H-pyrrole nitrogens is 1. The molecule has 1 aromatic carbocycles. The third-order valence-electron chi connectivity index (χ3n) is 5.59. The highest BCUT2D eigenvalue weighted by Gasteiger charge is 2.17. The SMILES string of the molecule is CCn1c(=O)c2[nH]c(-c3ccc(S(=O)(=O)NCc4ccc(OC)nc4)cc3)cc2n(CC)c1=O. The molecule has 0 fully saturated rings. The molecule has 3 heterocycles. The molecule has 2 N–H and O–H groups in total. The molecule has 34 heavy (non-hydrogen) atoms. The minimum Gasteiger partial charge on any atom is -0.481 e. The number of sulfonamides is 1. The maximum Gasteiger partial charge on any atom is 0.331 e. The second-order valence-electron chi connectivity index (χ2n) is 7.58. The molecule has 10 nitrogen and oxygen atoms in total. The molecule has 0 aliphatic rings. The van der Waals surface area contributed by atoms with E-state index in [2.05, 4.69) is 14.7 Å². The molecule has 4 rings (SSSR count). The fourth-order valence-electron chi connectivity index (χ4n) is 3.74. The lowest BCUT2D eigenvalue weighted by Crippen LogP contribution is -2.39. The van der Waals surface area contributed by atoms with Gasteiger partial charge in [0.2, 0.25) is 15.9 Å². The first-order valence-corrected chi connectivity index (χ1v) is 12.2. The van der Waals surface area contributed by atoms with E-state index in [0.29, 0.717) is 40.3 Å². The number of nitrogens with zero attached hydrogens (tertiary/aromatic N) is 3. The molecule has 0 bridgehead atoms. The summed E-state index contributed by atoms with van der Waals surface area (Å²) in [5.74, 6) is 0.448. The number of aromatic amines is 1. The number of ether oxygens (including phenoxy) is 1. The van der Waals surface area contributed by atoms with Crippen molar-refractivity contribution < 1.29 is 13.2 Å². The van der Waals surface area contributed by atoms with E-state index in [1.54, 1.807) is 43.5 Å². The molecule has 0 aliphatic carbocycles. The lowest BCUT2D eigenvalue weighted by atomic mass is 10.1. The predicted octanol–water partition coefficient (Wildman–Crippen LogP) is 2.08. The second-order valence-corrected chi connectivity index (χ2v) is 9.34. The van der Waals surface area contributed by atoms with E-state index in [-0.39, 0.29) is 29.2 Å². The molecule has 0 spiro atoms. The predicted molar refractivity (Wildman–Crippen MR) is 128 cm³/mol. The average Bonchev–Trinajstić information content (AvgIpc) is 3.29. The summed E-state index contributed by atoms with van der Waals surface area (Å²) >= 11 is 0. The van der Waals surface area contributed by atoms with E-state index in [0.717, 1.165) is 0 Å². The van der Waals surface area contributed by atoms with Crippen molar-refractivity contribution in [3.63, 3.8) is 0 Å². The Kier molecular flexibility index (Phi) is 6.40. The number of fused-ring (bicyclic) bond motifs is 1. The van der Waals surface area contributed by atoms with Gasteiger partial charge in [0, 0.05) is 37.6 Å². The summed E-state index contributed by atoms with van der Waals surface area (Å²) in [5.41, 5.74) is 2.12. The fraction of sp³-hybridized carbons (Fsp3) is 0.261. The third kappa shape index (κ3) is 4.27. The number of benzene rings is 1. The van der Waals surface area contributed by atoms with Crippen LogP contribution in [0.2, 0.25) is 0 Å². The van der Waals surface area contributed by atoms with E-state index in [4.69, 9.17) is 4.74 Å². The first kappa shape index (κ1) is 23.5. The molecule has 0 aliphatic heterocycles. The lowest BCUT2D eigenvalue weighted by molar-refractivity contribution is 0.397. The summed E-state index contributed by atoms with van der Waals surface area (Å²) in [7, 11) is -2.24. The van der Waals surface area contributed by atoms with Gasteiger partial charge in [-0.15, -0.1) is 0 Å². The topological polar surface area (TPSA) is 128 Å². The number of aryl methyl sites for hydroxylation is 1. The van der Waals surface area contributed by atoms with E-state index in [1.165, 1.54) is 28.4 Å². The van der Waals surface area contributed by atoms with Gasteiger partial charge in [-0.2, -0.15) is 0 Å². The zero-order chi connectivity index (χ0) is 24.5. The lowest BCUT2D eigenvalue weighted by Gasteiger charge is -2.08. The van der Waals surface area contributed by atoms with Crippen molar-refractivity contribution in [3.8, 4) is 17.1 Å². The van der Waals surface area contributed by atoms with E-state index >= 15 is 0 Å². The molecule has 0 atom stereocenters. The summed E-state index contributed by atoms with van der Waals surface area (Å²) in [6, 6.07) is 11.4. The van der Waals surface area contributed by atoms with Crippen molar-refractivity contribution in [1.82, 2.24) is 23.8 Å². The van der Waals surface area contributed by atoms with Gasteiger partial charge in [-0.3, -0.25) is 13.9 Å². The molecule has 0 amide bonds. The van der Waals surface area contributed by atoms with Gasteiger partial charge in [0.1, 0.15) is 5.52 Å². The number of rotatable bonds is 8. The van der Waals surface area contributed by atoms with Crippen molar-refractivity contribution >= 4 is 21.1 Å². The van der Waals surface area contributed by atoms with Crippen LogP contribution >= 0.6 is 0 Å². The Labute approximate surface area is 195 Å². The number of pyridine rings is 1. The van der Waals surface area contributed by atoms with Crippen molar-refractivity contribution in [3.05, 3.63) is 75.1 Å². The molecule has 0 unspecified atom stereocenters. The highest BCUT2D eigenvalue weighted by molar-refractivity contribution is 7.89. The average molecular weight is 484 g/mol. The Bertz CT molecular complexity index is 1550. The molecule has 178 valence electrons. The van der Waals surface area contributed by atoms with E-state index < -0.39 is 10.0 Å². The van der Waals surface area contributed by atoms with Gasteiger partial charge in [0.05, 0.1) is 17.5 Å². The van der Waals surface area contributed by atoms with E-state index in [1.807, 2.05) is 6.92 Å². The molecular formula is C23H25N5O5S. The van der Waals surface area contributed by atoms with Crippen LogP contribution in [0.4, 0.5) is 0 Å². The first-order chi connectivity index (χ1) is 16.3. The molecule has 4 aromatic rings. The largest absolute Gasteiger partial charge is 0.481 e. The normalized spacial score (nSPS) is 11.7. The highest BCUT2D eigenvalue weighted by Crippen LogP contribution is 2.24. The zero-order valence-corrected chi connectivity index (χ0v) is 19.8. The quantitative estimate of drug-likeness (QED) is 0.395. The first-order valence-electron chi connectivity index (χ1n) is 10.7. The maximum absolute atomic E-state index is 12.7. The van der Waals surface area contributed by atoms with Gasteiger partial charge in [-0.25, -0.2) is 22.9 Å². The van der Waals surface area contributed by atoms with E-state index in [9.17, 15) is 18.0 Å². The zero-order valence-electron chi connectivity index (χ0n) is 19.0. The number of methoxy groups -OCH3 is 1. The van der Waals surface area contributed by atoms with Crippen molar-refractivity contribution in [2.24, 2.45) is 0 Å². The van der Waals surface area contributed by atoms with Crippen LogP contribution in [0.1, 0.15) is 19.4 Å². The number of nitrogens with one attached hydrogen (secondary N) is 2. The van der Waals surface area contributed by atoms with Crippen LogP contribution in [0, 0.1) is 0 Å². The van der Waals surface area contributed by atoms with Crippen LogP contribution in [-0.4, -0.2) is 34.6 Å². The van der Waals surface area contributed by atoms with Gasteiger partial charge in [0.25, 0.3) is 5.56 Å². The maximum atomic E-state index is 12.7. The van der Waals surface area contributed by atoms with Crippen LogP contribution in [0.3, 0.4) is 0 Å². The van der Waals surface area contributed by atoms with Gasteiger partial charge < -0.3 is 9.72 Å². The van der Waals surface area contributed by atoms with Gasteiger partial charge in [-0.05, 0) is 43.2 Å². The van der Waals surface area contributed by atoms with Crippen LogP contribution in [0.5, 0.6) is 5.88 Å². The summed E-state index contributed by atoms with van der Waals surface area (Å²) in [5, 5.41) is 0. The number of hydrogen-bond acceptors (Lipinski definition) is 6. The monoisotopic (exact) mass is 483 g/mol. The van der Waals surface area contributed by atoms with Gasteiger partial charge in [-0.1, -0.05) is 18.2 Å². The Balaban J connectivity index is 1.61. The summed E-state index contributed by atoms with van der Waals surface area (Å²) in [6.45, 7) is 4.36. The molecule has 0 radical (unpaired) electrons. The molecular weight excluding hydrogens is 458 g/mol. The van der Waals surface area contributed by atoms with Crippen LogP contribution in [-0.2, 0) is 29.7 Å². The minimum absolute atomic E-state index is 0.0847.